The normalized spacial score (nSPS) is 13.0. The Morgan fingerprint density at radius 3 is 2.33 bits per heavy atom. The first-order chi connectivity index (χ1) is 5.60. The molecule has 0 aliphatic heterocycles. The second-order valence-corrected chi connectivity index (χ2v) is 3.34. The van der Waals surface area contributed by atoms with Gasteiger partial charge >= 0.3 is 0 Å². The van der Waals surface area contributed by atoms with Gasteiger partial charge in [-0.3, -0.25) is 0 Å². The summed E-state index contributed by atoms with van der Waals surface area (Å²) in [6.07, 6.45) is 0. The predicted molar refractivity (Wildman–Crippen MR) is 57.2 cm³/mol. The van der Waals surface area contributed by atoms with E-state index in [0.717, 1.165) is 19.6 Å². The monoisotopic (exact) mass is 189 g/mol. The average Bonchev–Trinajstić information content (AvgIpc) is 1.98. The molecule has 0 aromatic carbocycles. The number of nitrogens with zero attached hydrogens (tertiary/aromatic N) is 1. The van der Waals surface area contributed by atoms with E-state index >= 15 is 0 Å². The molecule has 0 rings (SSSR count). The molecule has 4 heteroatoms. The van der Waals surface area contributed by atoms with Crippen molar-refractivity contribution >= 4 is 17.3 Å². The molecular weight excluding hydrogens is 170 g/mol. The van der Waals surface area contributed by atoms with Gasteiger partial charge in [0, 0.05) is 12.6 Å². The summed E-state index contributed by atoms with van der Waals surface area (Å²) in [6, 6.07) is 0.336. The zero-order valence-corrected chi connectivity index (χ0v) is 8.95. The number of nitrogens with one attached hydrogen (secondary N) is 1. The fraction of sp³-hybridized carbons (Fsp3) is 0.875. The quantitative estimate of drug-likeness (QED) is 0.620. The number of likely N-dealkylation sites (N-methyl/N-ethyl adjacent to an activating group) is 1. The van der Waals surface area contributed by atoms with Crippen LogP contribution < -0.4 is 11.1 Å². The van der Waals surface area contributed by atoms with Crippen LogP contribution in [0.5, 0.6) is 0 Å². The van der Waals surface area contributed by atoms with Gasteiger partial charge in [-0.05, 0) is 32.2 Å². The van der Waals surface area contributed by atoms with Crippen molar-refractivity contribution in [2.45, 2.75) is 26.8 Å². The summed E-state index contributed by atoms with van der Waals surface area (Å²) < 4.78 is 0. The molecule has 3 N–H and O–H groups in total. The molecule has 0 spiro atoms. The first-order valence-electron chi connectivity index (χ1n) is 4.38. The van der Waals surface area contributed by atoms with E-state index in [4.69, 9.17) is 18.0 Å². The van der Waals surface area contributed by atoms with Gasteiger partial charge in [0.2, 0.25) is 0 Å². The van der Waals surface area contributed by atoms with Crippen molar-refractivity contribution in [3.05, 3.63) is 0 Å². The van der Waals surface area contributed by atoms with E-state index in [1.54, 1.807) is 0 Å². The summed E-state index contributed by atoms with van der Waals surface area (Å²) in [4.78, 5) is 2.33. The molecule has 0 radical (unpaired) electrons. The number of hydrogen-bond donors (Lipinski definition) is 2. The summed E-state index contributed by atoms with van der Waals surface area (Å²) in [5.41, 5.74) is 5.35. The van der Waals surface area contributed by atoms with Crippen LogP contribution >= 0.6 is 12.2 Å². The van der Waals surface area contributed by atoms with Crippen LogP contribution in [-0.4, -0.2) is 35.7 Å². The zero-order chi connectivity index (χ0) is 9.56. The van der Waals surface area contributed by atoms with Crippen LogP contribution in [0.1, 0.15) is 20.8 Å². The molecule has 12 heavy (non-hydrogen) atoms. The van der Waals surface area contributed by atoms with Crippen molar-refractivity contribution in [2.75, 3.05) is 19.6 Å². The van der Waals surface area contributed by atoms with Crippen LogP contribution in [0, 0.1) is 0 Å². The van der Waals surface area contributed by atoms with Gasteiger partial charge in [0.25, 0.3) is 0 Å². The minimum atomic E-state index is 0.336. The molecule has 0 saturated heterocycles. The molecule has 1 atom stereocenters. The van der Waals surface area contributed by atoms with Gasteiger partial charge in [0.05, 0.1) is 0 Å². The molecule has 0 heterocycles. The van der Waals surface area contributed by atoms with Crippen molar-refractivity contribution in [1.29, 1.82) is 0 Å². The highest BCUT2D eigenvalue weighted by Gasteiger charge is 2.05. The largest absolute Gasteiger partial charge is 0.376 e. The Hall–Kier alpha value is -0.350. The van der Waals surface area contributed by atoms with E-state index in [0.29, 0.717) is 11.2 Å². The molecule has 1 unspecified atom stereocenters. The lowest BCUT2D eigenvalue weighted by atomic mass is 10.3. The fourth-order valence-electron chi connectivity index (χ4n) is 1.16. The van der Waals surface area contributed by atoms with Gasteiger partial charge in [-0.15, -0.1) is 0 Å². The molecular formula is C8H19N3S. The molecule has 0 saturated carbocycles. The van der Waals surface area contributed by atoms with E-state index < -0.39 is 0 Å². The molecule has 3 nitrogen and oxygen atoms in total. The van der Waals surface area contributed by atoms with Gasteiger partial charge in [-0.25, -0.2) is 0 Å². The van der Waals surface area contributed by atoms with Crippen molar-refractivity contribution < 1.29 is 0 Å². The number of rotatable bonds is 5. The van der Waals surface area contributed by atoms with Gasteiger partial charge in [0.15, 0.2) is 5.11 Å². The van der Waals surface area contributed by atoms with E-state index in [1.165, 1.54) is 0 Å². The molecule has 0 aromatic rings. The third-order valence-corrected chi connectivity index (χ3v) is 1.93. The lowest BCUT2D eigenvalue weighted by molar-refractivity contribution is 0.282. The highest BCUT2D eigenvalue weighted by atomic mass is 32.1. The second-order valence-electron chi connectivity index (χ2n) is 2.90. The van der Waals surface area contributed by atoms with Crippen molar-refractivity contribution in [3.8, 4) is 0 Å². The maximum absolute atomic E-state index is 5.35. The molecule has 0 fully saturated rings. The number of thiocarbonyl (C=S) groups is 1. The molecule has 0 bridgehead atoms. The number of nitrogens with two attached hydrogens (primary N) is 1. The topological polar surface area (TPSA) is 41.3 Å². The first kappa shape index (κ1) is 11.6. The molecule has 0 aromatic heterocycles. The summed E-state index contributed by atoms with van der Waals surface area (Å²) in [5, 5.41) is 3.39. The van der Waals surface area contributed by atoms with E-state index in [-0.39, 0.29) is 0 Å². The number of hydrogen-bond acceptors (Lipinski definition) is 2. The van der Waals surface area contributed by atoms with Crippen LogP contribution in [0.2, 0.25) is 0 Å². The zero-order valence-electron chi connectivity index (χ0n) is 8.13. The van der Waals surface area contributed by atoms with Crippen LogP contribution in [0.4, 0.5) is 0 Å². The lowest BCUT2D eigenvalue weighted by Crippen LogP contribution is -2.43. The Balaban J connectivity index is 3.65. The highest BCUT2D eigenvalue weighted by molar-refractivity contribution is 7.80. The Morgan fingerprint density at radius 2 is 2.00 bits per heavy atom. The maximum Gasteiger partial charge on any atom is 0.163 e. The Kier molecular flexibility index (Phi) is 6.02. The lowest BCUT2D eigenvalue weighted by Gasteiger charge is -2.23. The molecule has 0 aliphatic carbocycles. The SMILES string of the molecule is CCN(CC)CC(C)NC(N)=S. The fourth-order valence-corrected chi connectivity index (χ4v) is 1.36. The van der Waals surface area contributed by atoms with Crippen LogP contribution in [-0.2, 0) is 0 Å². The van der Waals surface area contributed by atoms with E-state index in [1.807, 2.05) is 0 Å². The summed E-state index contributed by atoms with van der Waals surface area (Å²) in [7, 11) is 0. The average molecular weight is 189 g/mol. The van der Waals surface area contributed by atoms with Gasteiger partial charge < -0.3 is 16.0 Å². The van der Waals surface area contributed by atoms with Gasteiger partial charge in [0.1, 0.15) is 0 Å². The third kappa shape index (κ3) is 5.32. The van der Waals surface area contributed by atoms with Crippen LogP contribution in [0.15, 0.2) is 0 Å². The minimum Gasteiger partial charge on any atom is -0.376 e. The third-order valence-electron chi connectivity index (χ3n) is 1.82. The summed E-state index contributed by atoms with van der Waals surface area (Å²) in [5.74, 6) is 0. The molecule has 0 aliphatic rings. The van der Waals surface area contributed by atoms with Crippen molar-refractivity contribution in [1.82, 2.24) is 10.2 Å². The summed E-state index contributed by atoms with van der Waals surface area (Å²) >= 11 is 4.75. The molecule has 72 valence electrons. The molecule has 0 amide bonds. The maximum atomic E-state index is 5.35. The van der Waals surface area contributed by atoms with E-state index in [9.17, 15) is 0 Å². The van der Waals surface area contributed by atoms with Crippen molar-refractivity contribution in [3.63, 3.8) is 0 Å². The Morgan fingerprint density at radius 1 is 1.50 bits per heavy atom. The van der Waals surface area contributed by atoms with Gasteiger partial charge in [-0.2, -0.15) is 0 Å². The Bertz CT molecular complexity index is 134. The first-order valence-corrected chi connectivity index (χ1v) is 4.79. The minimum absolute atomic E-state index is 0.336. The van der Waals surface area contributed by atoms with Crippen molar-refractivity contribution in [2.24, 2.45) is 5.73 Å². The highest BCUT2D eigenvalue weighted by Crippen LogP contribution is 1.90. The Labute approximate surface area is 80.3 Å². The van der Waals surface area contributed by atoms with Crippen LogP contribution in [0.3, 0.4) is 0 Å². The second kappa shape index (κ2) is 6.20. The van der Waals surface area contributed by atoms with E-state index in [2.05, 4.69) is 31.0 Å². The summed E-state index contributed by atoms with van der Waals surface area (Å²) in [6.45, 7) is 9.51. The smallest absolute Gasteiger partial charge is 0.163 e. The van der Waals surface area contributed by atoms with Crippen LogP contribution in [0.25, 0.3) is 0 Å². The van der Waals surface area contributed by atoms with Gasteiger partial charge in [-0.1, -0.05) is 13.8 Å². The standard InChI is InChI=1S/C8H19N3S/c1-4-11(5-2)6-7(3)10-8(9)12/h7H,4-6H2,1-3H3,(H3,9,10,12). The predicted octanol–water partition coefficient (Wildman–Crippen LogP) is 0.550.